The number of nitrogens with zero attached hydrogens (tertiary/aromatic N) is 4. The van der Waals surface area contributed by atoms with Gasteiger partial charge in [0.05, 0.1) is 30.1 Å². The lowest BCUT2D eigenvalue weighted by Crippen LogP contribution is -2.14. The van der Waals surface area contributed by atoms with Gasteiger partial charge in [0.15, 0.2) is 0 Å². The third-order valence-electron chi connectivity index (χ3n) is 5.42. The first-order valence-electron chi connectivity index (χ1n) is 11.1. The zero-order chi connectivity index (χ0) is 24.1. The Kier molecular flexibility index (Phi) is 7.52. The molecule has 3 heterocycles. The number of pyridine rings is 1. The Morgan fingerprint density at radius 2 is 1.91 bits per heavy atom. The number of aryl methyl sites for hydroxylation is 1. The van der Waals surface area contributed by atoms with Crippen LogP contribution in [0.15, 0.2) is 58.3 Å². The van der Waals surface area contributed by atoms with E-state index in [1.54, 1.807) is 13.1 Å². The zero-order valence-corrected chi connectivity index (χ0v) is 20.6. The van der Waals surface area contributed by atoms with Gasteiger partial charge in [-0.2, -0.15) is 0 Å². The van der Waals surface area contributed by atoms with E-state index < -0.39 is 5.97 Å². The van der Waals surface area contributed by atoms with Crippen molar-refractivity contribution in [2.45, 2.75) is 39.2 Å². The highest BCUT2D eigenvalue weighted by Crippen LogP contribution is 2.34. The fraction of sp³-hybridized carbons (Fsp3) is 0.320. The minimum Gasteiger partial charge on any atom is -0.465 e. The van der Waals surface area contributed by atoms with Crippen LogP contribution in [0.3, 0.4) is 0 Å². The molecule has 1 atom stereocenters. The quantitative estimate of drug-likeness (QED) is 0.402. The minimum absolute atomic E-state index is 0.0186. The van der Waals surface area contributed by atoms with E-state index in [0.29, 0.717) is 6.42 Å². The molecular formula is C25H25BrN4O4. The largest absolute Gasteiger partial charge is 0.465 e. The van der Waals surface area contributed by atoms with Crippen LogP contribution in [0.1, 0.15) is 55.0 Å². The molecule has 0 bridgehead atoms. The van der Waals surface area contributed by atoms with Crippen molar-refractivity contribution >= 4 is 33.6 Å². The second-order valence-electron chi connectivity index (χ2n) is 7.80. The van der Waals surface area contributed by atoms with Crippen molar-refractivity contribution in [3.05, 3.63) is 76.0 Å². The van der Waals surface area contributed by atoms with Crippen molar-refractivity contribution in [1.82, 2.24) is 14.5 Å². The van der Waals surface area contributed by atoms with Gasteiger partial charge in [0.1, 0.15) is 18.5 Å². The third kappa shape index (κ3) is 5.25. The number of aliphatic imine (C=N–C) groups is 1. The van der Waals surface area contributed by atoms with Crippen LogP contribution in [0.2, 0.25) is 0 Å². The number of carbonyl (C=O) groups is 2. The van der Waals surface area contributed by atoms with Gasteiger partial charge in [0.25, 0.3) is 0 Å². The molecule has 0 N–H and O–H groups in total. The molecule has 0 unspecified atom stereocenters. The molecule has 1 aromatic carbocycles. The standard InChI is InChI=1S/C25H25BrN4O4/c1-3-22(31)33-13-10-23(32)34-12-9-20-25-28-15-16(2)30(25)21-8-7-17(26)14-18(21)24(29-20)19-6-4-5-11-27-19/h4-8,11,14-15,20H,3,9-10,12-13H2,1-2H3/t20-/m0/s1. The second-order valence-corrected chi connectivity index (χ2v) is 8.71. The highest BCUT2D eigenvalue weighted by molar-refractivity contribution is 9.10. The second kappa shape index (κ2) is 10.7. The SMILES string of the molecule is CCC(=O)OCCC(=O)OCC[C@@H]1N=C(c2ccccn2)c2cc(Br)ccc2-n2c(C)cnc21. The Bertz CT molecular complexity index is 1220. The van der Waals surface area contributed by atoms with Crippen LogP contribution in [0, 0.1) is 6.92 Å². The average molecular weight is 525 g/mol. The third-order valence-corrected chi connectivity index (χ3v) is 5.92. The number of rotatable bonds is 8. The molecule has 9 heteroatoms. The summed E-state index contributed by atoms with van der Waals surface area (Å²) in [6.45, 7) is 3.89. The molecule has 3 aromatic rings. The summed E-state index contributed by atoms with van der Waals surface area (Å²) in [4.78, 5) is 37.6. The van der Waals surface area contributed by atoms with Gasteiger partial charge in [-0.25, -0.2) is 4.98 Å². The molecule has 176 valence electrons. The van der Waals surface area contributed by atoms with E-state index in [2.05, 4.69) is 30.5 Å². The van der Waals surface area contributed by atoms with Crippen LogP contribution in [0.4, 0.5) is 0 Å². The highest BCUT2D eigenvalue weighted by Gasteiger charge is 2.28. The fourth-order valence-corrected chi connectivity index (χ4v) is 4.15. The molecule has 0 amide bonds. The average Bonchev–Trinajstić information content (AvgIpc) is 3.16. The first-order valence-corrected chi connectivity index (χ1v) is 11.9. The summed E-state index contributed by atoms with van der Waals surface area (Å²) in [6.07, 6.45) is 4.31. The number of benzene rings is 1. The Balaban J connectivity index is 1.60. The molecule has 2 aromatic heterocycles. The number of halogens is 1. The van der Waals surface area contributed by atoms with E-state index in [4.69, 9.17) is 14.5 Å². The van der Waals surface area contributed by atoms with Crippen molar-refractivity contribution in [2.75, 3.05) is 13.2 Å². The first-order chi connectivity index (χ1) is 16.5. The van der Waals surface area contributed by atoms with E-state index in [-0.39, 0.29) is 38.1 Å². The number of aromatic nitrogens is 3. The van der Waals surface area contributed by atoms with Crippen LogP contribution < -0.4 is 0 Å². The number of carbonyl (C=O) groups excluding carboxylic acids is 2. The normalized spacial score (nSPS) is 14.4. The molecule has 4 rings (SSSR count). The minimum atomic E-state index is -0.418. The number of ether oxygens (including phenoxy) is 2. The van der Waals surface area contributed by atoms with Gasteiger partial charge < -0.3 is 9.47 Å². The summed E-state index contributed by atoms with van der Waals surface area (Å²) < 4.78 is 13.4. The van der Waals surface area contributed by atoms with Crippen LogP contribution in [-0.4, -0.2) is 45.4 Å². The summed E-state index contributed by atoms with van der Waals surface area (Å²) in [6, 6.07) is 11.4. The van der Waals surface area contributed by atoms with Crippen molar-refractivity contribution in [3.63, 3.8) is 0 Å². The van der Waals surface area contributed by atoms with Gasteiger partial charge in [-0.3, -0.25) is 24.1 Å². The van der Waals surface area contributed by atoms with E-state index in [1.165, 1.54) is 0 Å². The molecule has 1 aliphatic rings. The van der Waals surface area contributed by atoms with Crippen molar-refractivity contribution in [3.8, 4) is 5.69 Å². The maximum atomic E-state index is 12.1. The topological polar surface area (TPSA) is 95.7 Å². The van der Waals surface area contributed by atoms with Crippen LogP contribution >= 0.6 is 15.9 Å². The Hall–Kier alpha value is -3.33. The molecule has 1 aliphatic heterocycles. The predicted molar refractivity (Wildman–Crippen MR) is 130 cm³/mol. The van der Waals surface area contributed by atoms with Crippen molar-refractivity contribution < 1.29 is 19.1 Å². The lowest BCUT2D eigenvalue weighted by atomic mass is 10.0. The van der Waals surface area contributed by atoms with Gasteiger partial charge in [-0.05, 0) is 37.3 Å². The van der Waals surface area contributed by atoms with E-state index in [0.717, 1.165) is 38.6 Å². The molecule has 0 saturated carbocycles. The summed E-state index contributed by atoms with van der Waals surface area (Å²) in [5.74, 6) is 0.0224. The van der Waals surface area contributed by atoms with Crippen molar-refractivity contribution in [1.29, 1.82) is 0 Å². The number of fused-ring (bicyclic) bond motifs is 3. The Morgan fingerprint density at radius 3 is 2.68 bits per heavy atom. The monoisotopic (exact) mass is 524 g/mol. The smallest absolute Gasteiger partial charge is 0.309 e. The lowest BCUT2D eigenvalue weighted by molar-refractivity contribution is -0.149. The zero-order valence-electron chi connectivity index (χ0n) is 19.0. The fourth-order valence-electron chi connectivity index (χ4n) is 3.79. The highest BCUT2D eigenvalue weighted by atomic mass is 79.9. The maximum Gasteiger partial charge on any atom is 0.309 e. The molecule has 0 saturated heterocycles. The van der Waals surface area contributed by atoms with E-state index in [1.807, 2.05) is 49.5 Å². The lowest BCUT2D eigenvalue weighted by Gasteiger charge is -2.14. The molecule has 0 aliphatic carbocycles. The van der Waals surface area contributed by atoms with Gasteiger partial charge in [-0.15, -0.1) is 0 Å². The maximum absolute atomic E-state index is 12.1. The summed E-state index contributed by atoms with van der Waals surface area (Å²) >= 11 is 3.58. The van der Waals surface area contributed by atoms with Crippen LogP contribution in [0.5, 0.6) is 0 Å². The van der Waals surface area contributed by atoms with Crippen LogP contribution in [-0.2, 0) is 19.1 Å². The number of imidazole rings is 1. The predicted octanol–water partition coefficient (Wildman–Crippen LogP) is 4.51. The summed E-state index contributed by atoms with van der Waals surface area (Å²) in [7, 11) is 0. The van der Waals surface area contributed by atoms with Crippen LogP contribution in [0.25, 0.3) is 5.69 Å². The van der Waals surface area contributed by atoms with Gasteiger partial charge >= 0.3 is 11.9 Å². The van der Waals surface area contributed by atoms with E-state index in [9.17, 15) is 9.59 Å². The van der Waals surface area contributed by atoms with Crippen molar-refractivity contribution in [2.24, 2.45) is 4.99 Å². The first kappa shape index (κ1) is 23.8. The van der Waals surface area contributed by atoms with E-state index >= 15 is 0 Å². The number of esters is 2. The van der Waals surface area contributed by atoms with Gasteiger partial charge in [-0.1, -0.05) is 28.9 Å². The molecule has 0 radical (unpaired) electrons. The van der Waals surface area contributed by atoms with Gasteiger partial charge in [0, 0.05) is 41.0 Å². The molecular weight excluding hydrogens is 500 g/mol. The Labute approximate surface area is 206 Å². The molecule has 0 fully saturated rings. The molecule has 0 spiro atoms. The molecule has 8 nitrogen and oxygen atoms in total. The summed E-state index contributed by atoms with van der Waals surface area (Å²) in [5.41, 5.74) is 4.40. The number of hydrogen-bond donors (Lipinski definition) is 0. The summed E-state index contributed by atoms with van der Waals surface area (Å²) in [5, 5.41) is 0. The Morgan fingerprint density at radius 1 is 1.09 bits per heavy atom. The van der Waals surface area contributed by atoms with Gasteiger partial charge in [0.2, 0.25) is 0 Å². The molecule has 34 heavy (non-hydrogen) atoms. The number of hydrogen-bond acceptors (Lipinski definition) is 7.